The molecule has 0 spiro atoms. The lowest BCUT2D eigenvalue weighted by molar-refractivity contribution is 1.34. The lowest BCUT2D eigenvalue weighted by Crippen LogP contribution is -1.68. The lowest BCUT2D eigenvalue weighted by atomic mass is 10.3. The van der Waals surface area contributed by atoms with Crippen molar-refractivity contribution in [2.24, 2.45) is 0 Å². The van der Waals surface area contributed by atoms with Gasteiger partial charge in [-0.3, -0.25) is 4.98 Å². The number of fused-ring (bicyclic) bond motifs is 2. The van der Waals surface area contributed by atoms with E-state index in [9.17, 15) is 0 Å². The summed E-state index contributed by atoms with van der Waals surface area (Å²) in [7, 11) is 0. The molecule has 1 aromatic carbocycles. The third-order valence-electron chi connectivity index (χ3n) is 2.68. The van der Waals surface area contributed by atoms with Gasteiger partial charge in [0.1, 0.15) is 0 Å². The highest BCUT2D eigenvalue weighted by Crippen LogP contribution is 2.07. The molecule has 0 radical (unpaired) electrons. The summed E-state index contributed by atoms with van der Waals surface area (Å²) in [6.07, 6.45) is 7.21. The molecule has 3 aromatic heterocycles. The van der Waals surface area contributed by atoms with Gasteiger partial charge in [-0.05, 0) is 24.3 Å². The number of H-pyrrole nitrogens is 2. The zero-order chi connectivity index (χ0) is 12.2. The topological polar surface area (TPSA) is 57.4 Å². The van der Waals surface area contributed by atoms with Crippen LogP contribution < -0.4 is 0 Å². The van der Waals surface area contributed by atoms with E-state index in [2.05, 4.69) is 19.9 Å². The van der Waals surface area contributed by atoms with Crippen LogP contribution in [0.25, 0.3) is 21.9 Å². The SMILES string of the molecule is C.c1cc2cc[nH]c2cn1.c1ccc2[nH]cnc2c1. The first-order chi connectivity index (χ1) is 8.93. The quantitative estimate of drug-likeness (QED) is 0.500. The number of aromatic amines is 2. The van der Waals surface area contributed by atoms with Crippen LogP contribution in [-0.2, 0) is 0 Å². The monoisotopic (exact) mass is 252 g/mol. The second kappa shape index (κ2) is 5.82. The molecular weight excluding hydrogens is 236 g/mol. The van der Waals surface area contributed by atoms with Crippen molar-refractivity contribution in [2.45, 2.75) is 7.43 Å². The number of hydrogen-bond acceptors (Lipinski definition) is 2. The van der Waals surface area contributed by atoms with Crippen LogP contribution in [-0.4, -0.2) is 19.9 Å². The van der Waals surface area contributed by atoms with Crippen molar-refractivity contribution in [1.82, 2.24) is 19.9 Å². The fraction of sp³-hybridized carbons (Fsp3) is 0.0667. The molecule has 2 N–H and O–H groups in total. The van der Waals surface area contributed by atoms with E-state index in [0.29, 0.717) is 0 Å². The van der Waals surface area contributed by atoms with Crippen LogP contribution >= 0.6 is 0 Å². The Balaban J connectivity index is 0.000000133. The highest BCUT2D eigenvalue weighted by Gasteiger charge is 1.88. The molecule has 0 unspecified atom stereocenters. The van der Waals surface area contributed by atoms with E-state index in [1.165, 1.54) is 5.39 Å². The van der Waals surface area contributed by atoms with E-state index in [1.54, 1.807) is 12.5 Å². The normalized spacial score (nSPS) is 9.68. The summed E-state index contributed by atoms with van der Waals surface area (Å²) in [5.74, 6) is 0. The van der Waals surface area contributed by atoms with Crippen molar-refractivity contribution in [1.29, 1.82) is 0 Å². The second-order valence-electron chi connectivity index (χ2n) is 3.86. The molecule has 96 valence electrons. The Hall–Kier alpha value is -2.62. The maximum Gasteiger partial charge on any atom is 0.0931 e. The molecule has 0 aliphatic carbocycles. The molecule has 19 heavy (non-hydrogen) atoms. The third kappa shape index (κ3) is 2.80. The van der Waals surface area contributed by atoms with Crippen LogP contribution in [0.3, 0.4) is 0 Å². The minimum atomic E-state index is 0. The van der Waals surface area contributed by atoms with Crippen molar-refractivity contribution >= 4 is 21.9 Å². The lowest BCUT2D eigenvalue weighted by Gasteiger charge is -1.82. The summed E-state index contributed by atoms with van der Waals surface area (Å²) in [4.78, 5) is 14.1. The summed E-state index contributed by atoms with van der Waals surface area (Å²) < 4.78 is 0. The largest absolute Gasteiger partial charge is 0.360 e. The van der Waals surface area contributed by atoms with Crippen molar-refractivity contribution < 1.29 is 0 Å². The molecule has 4 aromatic rings. The molecule has 4 nitrogen and oxygen atoms in total. The number of hydrogen-bond donors (Lipinski definition) is 2. The average molecular weight is 252 g/mol. The Morgan fingerprint density at radius 2 is 1.79 bits per heavy atom. The molecule has 0 atom stereocenters. The molecule has 0 bridgehead atoms. The Morgan fingerprint density at radius 3 is 2.63 bits per heavy atom. The number of nitrogens with one attached hydrogen (secondary N) is 2. The van der Waals surface area contributed by atoms with E-state index in [1.807, 2.05) is 48.8 Å². The van der Waals surface area contributed by atoms with Gasteiger partial charge in [-0.25, -0.2) is 4.98 Å². The number of rotatable bonds is 0. The molecule has 3 heterocycles. The molecule has 0 fully saturated rings. The average Bonchev–Trinajstić information content (AvgIpc) is 3.08. The summed E-state index contributed by atoms with van der Waals surface area (Å²) >= 11 is 0. The van der Waals surface area contributed by atoms with Crippen LogP contribution in [0.2, 0.25) is 0 Å². The predicted molar refractivity (Wildman–Crippen MR) is 78.9 cm³/mol. The van der Waals surface area contributed by atoms with E-state index in [0.717, 1.165) is 16.6 Å². The molecule has 0 amide bonds. The highest BCUT2D eigenvalue weighted by molar-refractivity contribution is 5.77. The number of pyridine rings is 1. The zero-order valence-corrected chi connectivity index (χ0v) is 9.67. The maximum atomic E-state index is 4.06. The molecular formula is C15H16N4. The molecule has 0 saturated heterocycles. The number of para-hydroxylation sites is 2. The Bertz CT molecular complexity index is 628. The van der Waals surface area contributed by atoms with Crippen LogP contribution in [0.1, 0.15) is 7.43 Å². The van der Waals surface area contributed by atoms with Gasteiger partial charge in [-0.1, -0.05) is 19.6 Å². The van der Waals surface area contributed by atoms with Crippen LogP contribution in [0.4, 0.5) is 0 Å². The van der Waals surface area contributed by atoms with Gasteiger partial charge in [0.25, 0.3) is 0 Å². The van der Waals surface area contributed by atoms with Gasteiger partial charge >= 0.3 is 0 Å². The third-order valence-corrected chi connectivity index (χ3v) is 2.68. The van der Waals surface area contributed by atoms with E-state index in [-0.39, 0.29) is 7.43 Å². The molecule has 0 aliphatic rings. The minimum Gasteiger partial charge on any atom is -0.360 e. The number of benzene rings is 1. The van der Waals surface area contributed by atoms with E-state index in [4.69, 9.17) is 0 Å². The first-order valence-corrected chi connectivity index (χ1v) is 5.69. The van der Waals surface area contributed by atoms with Gasteiger partial charge in [0, 0.05) is 17.8 Å². The maximum absolute atomic E-state index is 4.06. The molecule has 0 aliphatic heterocycles. The minimum absolute atomic E-state index is 0. The number of imidazole rings is 1. The number of aromatic nitrogens is 4. The van der Waals surface area contributed by atoms with Gasteiger partial charge in [0.2, 0.25) is 0 Å². The van der Waals surface area contributed by atoms with Crippen LogP contribution in [0.5, 0.6) is 0 Å². The fourth-order valence-corrected chi connectivity index (χ4v) is 1.77. The summed E-state index contributed by atoms with van der Waals surface area (Å²) in [6, 6.07) is 11.9. The summed E-state index contributed by atoms with van der Waals surface area (Å²) in [6.45, 7) is 0. The smallest absolute Gasteiger partial charge is 0.0931 e. The first-order valence-electron chi connectivity index (χ1n) is 5.69. The Morgan fingerprint density at radius 1 is 0.895 bits per heavy atom. The first kappa shape index (κ1) is 12.8. The van der Waals surface area contributed by atoms with Crippen LogP contribution in [0, 0.1) is 0 Å². The highest BCUT2D eigenvalue weighted by atomic mass is 14.9. The molecule has 0 saturated carbocycles. The number of nitrogens with zero attached hydrogens (tertiary/aromatic N) is 2. The van der Waals surface area contributed by atoms with E-state index >= 15 is 0 Å². The van der Waals surface area contributed by atoms with Gasteiger partial charge < -0.3 is 9.97 Å². The summed E-state index contributed by atoms with van der Waals surface area (Å²) in [5, 5.41) is 1.21. The predicted octanol–water partition coefficient (Wildman–Crippen LogP) is 3.76. The van der Waals surface area contributed by atoms with Gasteiger partial charge in [0.05, 0.1) is 29.1 Å². The zero-order valence-electron chi connectivity index (χ0n) is 9.67. The Kier molecular flexibility index (Phi) is 3.93. The summed E-state index contributed by atoms with van der Waals surface area (Å²) in [5.41, 5.74) is 3.22. The van der Waals surface area contributed by atoms with Crippen molar-refractivity contribution in [3.8, 4) is 0 Å². The molecule has 4 heteroatoms. The van der Waals surface area contributed by atoms with Gasteiger partial charge in [-0.15, -0.1) is 0 Å². The standard InChI is InChI=1S/2C7H6N2.CH4/c1-3-8-5-7-6(1)2-4-9-7;1-2-4-7-6(3-1)8-5-9-7;/h1-5,9H;1-5H,(H,8,9);1H4. The van der Waals surface area contributed by atoms with Crippen LogP contribution in [0.15, 0.2) is 61.3 Å². The Labute approximate surface area is 111 Å². The van der Waals surface area contributed by atoms with Crippen molar-refractivity contribution in [2.75, 3.05) is 0 Å². The second-order valence-corrected chi connectivity index (χ2v) is 3.86. The van der Waals surface area contributed by atoms with Crippen molar-refractivity contribution in [3.63, 3.8) is 0 Å². The van der Waals surface area contributed by atoms with Crippen molar-refractivity contribution in [3.05, 3.63) is 61.3 Å². The molecule has 4 rings (SSSR count). The van der Waals surface area contributed by atoms with Gasteiger partial charge in [0.15, 0.2) is 0 Å². The van der Waals surface area contributed by atoms with Gasteiger partial charge in [-0.2, -0.15) is 0 Å². The van der Waals surface area contributed by atoms with E-state index < -0.39 is 0 Å². The fourth-order valence-electron chi connectivity index (χ4n) is 1.77.